The quantitative estimate of drug-likeness (QED) is 0.474. The lowest BCUT2D eigenvalue weighted by Crippen LogP contribution is -2.41. The summed E-state index contributed by atoms with van der Waals surface area (Å²) in [6.45, 7) is 3.82. The SMILES string of the molecule is CC=CC1CCC(C2COC(C3CCC(CCC=C(F)F)CC3)OC2)CC1. The van der Waals surface area contributed by atoms with Crippen molar-refractivity contribution in [2.24, 2.45) is 29.6 Å². The van der Waals surface area contributed by atoms with E-state index in [1.54, 1.807) is 0 Å². The predicted molar refractivity (Wildman–Crippen MR) is 104 cm³/mol. The van der Waals surface area contributed by atoms with Crippen molar-refractivity contribution in [2.75, 3.05) is 13.2 Å². The summed E-state index contributed by atoms with van der Waals surface area (Å²) in [6.07, 6.45) is 15.1. The maximum atomic E-state index is 12.1. The zero-order valence-electron chi connectivity index (χ0n) is 16.8. The zero-order chi connectivity index (χ0) is 19.1. The fourth-order valence-electron chi connectivity index (χ4n) is 5.34. The zero-order valence-corrected chi connectivity index (χ0v) is 16.8. The highest BCUT2D eigenvalue weighted by molar-refractivity contribution is 4.90. The molecule has 0 radical (unpaired) electrons. The molecule has 0 unspecified atom stereocenters. The lowest BCUT2D eigenvalue weighted by Gasteiger charge is -2.41. The van der Waals surface area contributed by atoms with Gasteiger partial charge in [-0.3, -0.25) is 0 Å². The minimum absolute atomic E-state index is 0.0373. The molecule has 0 atom stereocenters. The molecule has 0 aromatic rings. The summed E-state index contributed by atoms with van der Waals surface area (Å²) < 4.78 is 36.6. The third-order valence-electron chi connectivity index (χ3n) is 7.05. The van der Waals surface area contributed by atoms with Gasteiger partial charge in [-0.15, -0.1) is 0 Å². The number of allylic oxidation sites excluding steroid dienone is 3. The van der Waals surface area contributed by atoms with E-state index < -0.39 is 6.08 Å². The van der Waals surface area contributed by atoms with Crippen LogP contribution in [0.15, 0.2) is 24.3 Å². The number of ether oxygens (including phenoxy) is 2. The van der Waals surface area contributed by atoms with E-state index in [0.29, 0.717) is 24.2 Å². The number of hydrogen-bond donors (Lipinski definition) is 0. The Morgan fingerprint density at radius 2 is 1.48 bits per heavy atom. The van der Waals surface area contributed by atoms with Gasteiger partial charge in [-0.05, 0) is 95.0 Å². The summed E-state index contributed by atoms with van der Waals surface area (Å²) in [7, 11) is 0. The van der Waals surface area contributed by atoms with Gasteiger partial charge in [-0.2, -0.15) is 8.78 Å². The first kappa shape index (κ1) is 21.0. The van der Waals surface area contributed by atoms with Crippen LogP contribution in [0.1, 0.15) is 71.1 Å². The number of rotatable bonds is 6. The van der Waals surface area contributed by atoms with E-state index in [9.17, 15) is 8.78 Å². The fourth-order valence-corrected chi connectivity index (χ4v) is 5.34. The van der Waals surface area contributed by atoms with Gasteiger partial charge in [0.1, 0.15) is 0 Å². The Labute approximate surface area is 163 Å². The number of halogens is 2. The van der Waals surface area contributed by atoms with E-state index in [0.717, 1.165) is 63.2 Å². The highest BCUT2D eigenvalue weighted by Gasteiger charge is 2.35. The molecule has 3 fully saturated rings. The summed E-state index contributed by atoms with van der Waals surface area (Å²) in [6, 6.07) is 0. The standard InChI is InChI=1S/C23H36F2O2/c1-2-4-17-7-11-19(12-8-17)21-15-26-23(27-16-21)20-13-9-18(10-14-20)5-3-6-22(24)25/h2,4,6,17-21,23H,3,5,7-16H2,1H3. The van der Waals surface area contributed by atoms with Crippen LogP contribution in [-0.4, -0.2) is 19.5 Å². The average Bonchev–Trinajstić information content (AvgIpc) is 2.69. The van der Waals surface area contributed by atoms with Gasteiger partial charge in [0.15, 0.2) is 6.29 Å². The third-order valence-corrected chi connectivity index (χ3v) is 7.05. The lowest BCUT2D eigenvalue weighted by molar-refractivity contribution is -0.237. The van der Waals surface area contributed by atoms with Crippen LogP contribution in [0.5, 0.6) is 0 Å². The third kappa shape index (κ3) is 6.39. The van der Waals surface area contributed by atoms with Crippen LogP contribution in [0, 0.1) is 29.6 Å². The minimum atomic E-state index is -1.54. The molecule has 0 amide bonds. The Morgan fingerprint density at radius 3 is 2.07 bits per heavy atom. The highest BCUT2D eigenvalue weighted by Crippen LogP contribution is 2.39. The molecule has 1 heterocycles. The van der Waals surface area contributed by atoms with Crippen molar-refractivity contribution in [1.29, 1.82) is 0 Å². The molecular weight excluding hydrogens is 346 g/mol. The van der Waals surface area contributed by atoms with Gasteiger partial charge in [0.2, 0.25) is 0 Å². The van der Waals surface area contributed by atoms with Gasteiger partial charge < -0.3 is 9.47 Å². The fraction of sp³-hybridized carbons (Fsp3) is 0.826. The molecule has 4 heteroatoms. The van der Waals surface area contributed by atoms with Crippen LogP contribution in [0.3, 0.4) is 0 Å². The first-order valence-corrected chi connectivity index (χ1v) is 11.0. The molecule has 0 aromatic heterocycles. The first-order chi connectivity index (χ1) is 13.2. The van der Waals surface area contributed by atoms with Crippen molar-refractivity contribution in [3.8, 4) is 0 Å². The van der Waals surface area contributed by atoms with Crippen molar-refractivity contribution in [1.82, 2.24) is 0 Å². The van der Waals surface area contributed by atoms with E-state index in [1.807, 2.05) is 0 Å². The minimum Gasteiger partial charge on any atom is -0.352 e. The highest BCUT2D eigenvalue weighted by atomic mass is 19.3. The smallest absolute Gasteiger partial charge is 0.266 e. The van der Waals surface area contributed by atoms with E-state index in [2.05, 4.69) is 19.1 Å². The summed E-state index contributed by atoms with van der Waals surface area (Å²) in [5.74, 6) is 3.16. The molecule has 3 aliphatic rings. The normalized spacial score (nSPS) is 38.0. The van der Waals surface area contributed by atoms with Gasteiger partial charge in [0.05, 0.1) is 13.2 Å². The summed E-state index contributed by atoms with van der Waals surface area (Å²) in [4.78, 5) is 0. The van der Waals surface area contributed by atoms with Gasteiger partial charge >= 0.3 is 0 Å². The molecule has 2 aliphatic carbocycles. The molecule has 0 bridgehead atoms. The van der Waals surface area contributed by atoms with E-state index >= 15 is 0 Å². The molecule has 2 saturated carbocycles. The summed E-state index contributed by atoms with van der Waals surface area (Å²) in [5, 5.41) is 0. The lowest BCUT2D eigenvalue weighted by atomic mass is 9.75. The van der Waals surface area contributed by atoms with Crippen molar-refractivity contribution in [3.63, 3.8) is 0 Å². The van der Waals surface area contributed by atoms with E-state index in [4.69, 9.17) is 9.47 Å². The first-order valence-electron chi connectivity index (χ1n) is 11.0. The topological polar surface area (TPSA) is 18.5 Å². The largest absolute Gasteiger partial charge is 0.352 e. The van der Waals surface area contributed by atoms with Gasteiger partial charge in [0.25, 0.3) is 6.08 Å². The van der Waals surface area contributed by atoms with Crippen molar-refractivity contribution in [3.05, 3.63) is 24.3 Å². The maximum absolute atomic E-state index is 12.1. The molecule has 154 valence electrons. The Bertz CT molecular complexity index is 477. The van der Waals surface area contributed by atoms with Gasteiger partial charge in [-0.1, -0.05) is 12.2 Å². The van der Waals surface area contributed by atoms with Gasteiger partial charge in [0, 0.05) is 11.8 Å². The van der Waals surface area contributed by atoms with Crippen molar-refractivity contribution in [2.45, 2.75) is 77.4 Å². The number of hydrogen-bond acceptors (Lipinski definition) is 2. The van der Waals surface area contributed by atoms with Crippen LogP contribution in [0.2, 0.25) is 0 Å². The van der Waals surface area contributed by atoms with Crippen molar-refractivity contribution < 1.29 is 18.3 Å². The second kappa shape index (κ2) is 10.7. The Hall–Kier alpha value is -0.740. The van der Waals surface area contributed by atoms with Crippen LogP contribution in [0.25, 0.3) is 0 Å². The molecular formula is C23H36F2O2. The monoisotopic (exact) mass is 382 g/mol. The van der Waals surface area contributed by atoms with Crippen LogP contribution < -0.4 is 0 Å². The second-order valence-corrected chi connectivity index (χ2v) is 8.85. The molecule has 0 N–H and O–H groups in total. The average molecular weight is 383 g/mol. The molecule has 0 aromatic carbocycles. The molecule has 3 rings (SSSR count). The van der Waals surface area contributed by atoms with E-state index in [-0.39, 0.29) is 6.29 Å². The Balaban J connectivity index is 1.34. The molecule has 2 nitrogen and oxygen atoms in total. The van der Waals surface area contributed by atoms with Crippen LogP contribution >= 0.6 is 0 Å². The molecule has 1 saturated heterocycles. The second-order valence-electron chi connectivity index (χ2n) is 8.85. The van der Waals surface area contributed by atoms with Crippen LogP contribution in [0.4, 0.5) is 8.78 Å². The Kier molecular flexibility index (Phi) is 8.32. The maximum Gasteiger partial charge on any atom is 0.266 e. The van der Waals surface area contributed by atoms with E-state index in [1.165, 1.54) is 25.7 Å². The molecule has 27 heavy (non-hydrogen) atoms. The molecule has 1 aliphatic heterocycles. The molecule has 0 spiro atoms. The van der Waals surface area contributed by atoms with Crippen molar-refractivity contribution >= 4 is 0 Å². The van der Waals surface area contributed by atoms with Crippen LogP contribution in [-0.2, 0) is 9.47 Å². The Morgan fingerprint density at radius 1 is 0.852 bits per heavy atom. The summed E-state index contributed by atoms with van der Waals surface area (Å²) in [5.41, 5.74) is 0. The van der Waals surface area contributed by atoms with Gasteiger partial charge in [-0.25, -0.2) is 0 Å². The summed E-state index contributed by atoms with van der Waals surface area (Å²) >= 11 is 0. The predicted octanol–water partition coefficient (Wildman–Crippen LogP) is 6.73.